The topological polar surface area (TPSA) is 402 Å². The number of rotatable bonds is 54. The Balaban J connectivity index is 0.555. The minimum Gasteiger partial charge on any atom is -0.379 e. The molecule has 4 aromatic rings. The summed E-state index contributed by atoms with van der Waals surface area (Å²) in [5.74, 6) is 7.55. The van der Waals surface area contributed by atoms with Gasteiger partial charge in [-0.25, -0.2) is 0 Å². The van der Waals surface area contributed by atoms with Gasteiger partial charge in [0, 0.05) is 236 Å². The van der Waals surface area contributed by atoms with Crippen LogP contribution in [0.3, 0.4) is 0 Å². The number of nitrogens with zero attached hydrogens (tertiary/aromatic N) is 18. The molecule has 6 saturated heterocycles. The van der Waals surface area contributed by atoms with E-state index in [1.807, 2.05) is 0 Å². The highest BCUT2D eigenvalue weighted by atomic mass is 16.6. The number of piperazine rings is 6. The molecule has 10 rings (SSSR count). The fraction of sp³-hybridized carbons (Fsp3) is 0.818. The zero-order valence-electron chi connectivity index (χ0n) is 61.9. The molecular weight excluding hydrogens is 1360 g/mol. The molecule has 39 heteroatoms. The van der Waals surface area contributed by atoms with Crippen LogP contribution in [0.1, 0.15) is 38.5 Å². The first kappa shape index (κ1) is 80.6. The highest BCUT2D eigenvalue weighted by Gasteiger charge is 2.24. The molecule has 0 saturated carbocycles. The van der Waals surface area contributed by atoms with E-state index < -0.39 is 0 Å². The molecule has 588 valence electrons. The maximum atomic E-state index is 5.88. The molecule has 6 fully saturated rings. The normalized spacial score (nSPS) is 16.8. The van der Waals surface area contributed by atoms with Crippen molar-refractivity contribution in [3.05, 3.63) is 0 Å². The van der Waals surface area contributed by atoms with Crippen molar-refractivity contribution in [1.82, 2.24) is 91.7 Å². The predicted molar refractivity (Wildman–Crippen MR) is 406 cm³/mol. The van der Waals surface area contributed by atoms with E-state index >= 15 is 0 Å². The van der Waals surface area contributed by atoms with Gasteiger partial charge in [0.2, 0.25) is 71.4 Å². The van der Waals surface area contributed by atoms with Crippen LogP contribution in [0.5, 0.6) is 0 Å². The third-order valence-electron chi connectivity index (χ3n) is 17.6. The van der Waals surface area contributed by atoms with Crippen LogP contribution < -0.4 is 93.2 Å². The van der Waals surface area contributed by atoms with Crippen molar-refractivity contribution in [2.45, 2.75) is 38.5 Å². The molecule has 0 amide bonds. The first-order valence-corrected chi connectivity index (χ1v) is 38.6. The largest absolute Gasteiger partial charge is 0.379 e. The van der Waals surface area contributed by atoms with E-state index in [-0.39, 0.29) is 0 Å². The third-order valence-corrected chi connectivity index (χ3v) is 17.6. The first-order chi connectivity index (χ1) is 52.1. The molecule has 105 heavy (non-hydrogen) atoms. The van der Waals surface area contributed by atoms with Crippen LogP contribution in [0.25, 0.3) is 0 Å². The molecule has 6 aliphatic rings. The lowest BCUT2D eigenvalue weighted by molar-refractivity contribution is 0.0145. The fourth-order valence-corrected chi connectivity index (χ4v) is 11.8. The molecule has 39 nitrogen and oxygen atoms in total. The van der Waals surface area contributed by atoms with Gasteiger partial charge in [-0.15, -0.1) is 0 Å². The van der Waals surface area contributed by atoms with Crippen molar-refractivity contribution in [3.63, 3.8) is 0 Å². The number of anilines is 12. The lowest BCUT2D eigenvalue weighted by Gasteiger charge is -2.30. The summed E-state index contributed by atoms with van der Waals surface area (Å²) in [7, 11) is 0. The highest BCUT2D eigenvalue weighted by molar-refractivity contribution is 5.49. The summed E-state index contributed by atoms with van der Waals surface area (Å²) in [6, 6.07) is 0. The molecule has 0 spiro atoms. The van der Waals surface area contributed by atoms with Crippen LogP contribution in [0.2, 0.25) is 0 Å². The smallest absolute Gasteiger partial charge is 0.232 e. The number of hydrogen-bond acceptors (Lipinski definition) is 39. The van der Waals surface area contributed by atoms with Gasteiger partial charge in [0.25, 0.3) is 0 Å². The maximum absolute atomic E-state index is 5.88. The molecule has 0 radical (unpaired) electrons. The molecule has 6 aliphatic heterocycles. The monoisotopic (exact) mass is 1480 g/mol. The molecule has 0 bridgehead atoms. The van der Waals surface area contributed by atoms with E-state index in [1.54, 1.807) is 0 Å². The van der Waals surface area contributed by atoms with Crippen LogP contribution in [0.4, 0.5) is 71.4 Å². The van der Waals surface area contributed by atoms with Gasteiger partial charge in [0.05, 0.1) is 79.3 Å². The van der Waals surface area contributed by atoms with Crippen molar-refractivity contribution in [1.29, 1.82) is 0 Å². The second kappa shape index (κ2) is 49.8. The Morgan fingerprint density at radius 1 is 0.190 bits per heavy atom. The number of nitrogens with one attached hydrogen (secondary N) is 12. The Morgan fingerprint density at radius 3 is 0.495 bits per heavy atom. The Kier molecular flexibility index (Phi) is 38.2. The Hall–Kier alpha value is -6.96. The summed E-state index contributed by atoms with van der Waals surface area (Å²) in [5, 5.41) is 40.7. The van der Waals surface area contributed by atoms with E-state index in [4.69, 9.17) is 87.5 Å². The second-order valence-corrected chi connectivity index (χ2v) is 25.7. The molecule has 0 unspecified atom stereocenters. The van der Waals surface area contributed by atoms with Gasteiger partial charge in [-0.05, 0) is 38.5 Å². The van der Waals surface area contributed by atoms with Crippen LogP contribution >= 0.6 is 0 Å². The van der Waals surface area contributed by atoms with E-state index in [9.17, 15) is 0 Å². The molecule has 0 aromatic carbocycles. The van der Waals surface area contributed by atoms with Gasteiger partial charge < -0.3 is 136 Å². The Labute approximate surface area is 618 Å². The lowest BCUT2D eigenvalue weighted by Crippen LogP contribution is -2.46. The first-order valence-electron chi connectivity index (χ1n) is 38.6. The maximum Gasteiger partial charge on any atom is 0.232 e. The van der Waals surface area contributed by atoms with Gasteiger partial charge in [-0.3, -0.25) is 0 Å². The fourth-order valence-electron chi connectivity index (χ4n) is 11.8. The van der Waals surface area contributed by atoms with Crippen molar-refractivity contribution >= 4 is 71.4 Å². The van der Waals surface area contributed by atoms with Crippen LogP contribution in [0, 0.1) is 0 Å². The second-order valence-electron chi connectivity index (χ2n) is 25.7. The van der Waals surface area contributed by atoms with Gasteiger partial charge >= 0.3 is 0 Å². The van der Waals surface area contributed by atoms with E-state index in [2.05, 4.69) is 108 Å². The quantitative estimate of drug-likeness (QED) is 0.0212. The standard InChI is InChI=1S/C66H120N30O9/c1(37-97-43-49-103-52-46-100-40-4-10-76-58-82-61(91-25-13-67-14-26-91)88-62(83-58)92-27-15-68-16-28-92)7-73-55-79-56(74-8-2-38-98-44-50-104-53-47-101-41-5-11-77-59-84-63(93-29-17-69-18-30-93)89-64(85-59)94-31-19-70-20-32-94)81-57(80-55)75-9-3-39-99-45-51-105-54-48-102-42-6-12-78-60-86-65(95-33-21-71-22-34-95)90-66(87-60)96-35-23-72-24-36-96/h67-72H,1-54H2,(H,76,82,83,88)(H,77,84,85,89)(H,78,86,87,90)(H3,73,74,75,79,80,81). The summed E-state index contributed by atoms with van der Waals surface area (Å²) < 4.78 is 52.5. The molecule has 0 atom stereocenters. The highest BCUT2D eigenvalue weighted by Crippen LogP contribution is 2.22. The van der Waals surface area contributed by atoms with E-state index in [1.165, 1.54) is 0 Å². The number of ether oxygens (including phenoxy) is 9. The molecule has 12 N–H and O–H groups in total. The minimum absolute atomic E-state index is 0.460. The molecule has 4 aromatic heterocycles. The zero-order chi connectivity index (χ0) is 71.9. The summed E-state index contributed by atoms with van der Waals surface area (Å²) in [4.78, 5) is 70.5. The average Bonchev–Trinajstić information content (AvgIpc) is 0.838. The third kappa shape index (κ3) is 31.4. The predicted octanol–water partition coefficient (Wildman–Crippen LogP) is -2.05. The van der Waals surface area contributed by atoms with Crippen LogP contribution in [0.15, 0.2) is 0 Å². The SMILES string of the molecule is C(CNc1nc(NCCCOCCOCCOCCCNc2nc(N3CCNCC3)nc(N3CCNCC3)n2)nc(NCCCOCCOCCOCCCNc2nc(N3CCNCC3)nc(N3CCNCC3)n2)n1)COCCOCCOCCCNc1nc(N2CCNCC2)nc(N2CCNCC2)n1. The number of aromatic nitrogens is 12. The minimum atomic E-state index is 0.460. The van der Waals surface area contributed by atoms with Gasteiger partial charge in [-0.1, -0.05) is 0 Å². The van der Waals surface area contributed by atoms with Crippen molar-refractivity contribution in [2.24, 2.45) is 0 Å². The van der Waals surface area contributed by atoms with Crippen LogP contribution in [-0.2, 0) is 42.6 Å². The molecule has 10 heterocycles. The van der Waals surface area contributed by atoms with Crippen LogP contribution in [-0.4, -0.2) is 375 Å². The Morgan fingerprint density at radius 2 is 0.333 bits per heavy atom. The van der Waals surface area contributed by atoms with Crippen molar-refractivity contribution in [3.8, 4) is 0 Å². The number of hydrogen-bond donors (Lipinski definition) is 12. The van der Waals surface area contributed by atoms with Crippen molar-refractivity contribution < 1.29 is 42.6 Å². The van der Waals surface area contributed by atoms with Gasteiger partial charge in [0.1, 0.15) is 0 Å². The van der Waals surface area contributed by atoms with E-state index in [0.29, 0.717) is 194 Å². The van der Waals surface area contributed by atoms with Gasteiger partial charge in [-0.2, -0.15) is 59.8 Å². The Bertz CT molecular complexity index is 2510. The summed E-state index contributed by atoms with van der Waals surface area (Å²) >= 11 is 0. The lowest BCUT2D eigenvalue weighted by atomic mass is 10.4. The average molecular weight is 1480 g/mol. The summed E-state index contributed by atoms with van der Waals surface area (Å²) in [5.41, 5.74) is 0. The summed E-state index contributed by atoms with van der Waals surface area (Å²) in [6.07, 6.45) is 4.64. The molecular formula is C66H120N30O9. The summed E-state index contributed by atoms with van der Waals surface area (Å²) in [6.45, 7) is 34.6. The van der Waals surface area contributed by atoms with E-state index in [0.717, 1.165) is 231 Å². The molecule has 0 aliphatic carbocycles. The van der Waals surface area contributed by atoms with Gasteiger partial charge in [0.15, 0.2) is 0 Å². The van der Waals surface area contributed by atoms with Crippen molar-refractivity contribution in [2.75, 3.05) is 377 Å². The zero-order valence-corrected chi connectivity index (χ0v) is 61.9.